The van der Waals surface area contributed by atoms with Crippen molar-refractivity contribution in [3.8, 4) is 11.4 Å². The van der Waals surface area contributed by atoms with Crippen LogP contribution in [-0.4, -0.2) is 24.7 Å². The number of anilines is 2. The van der Waals surface area contributed by atoms with Gasteiger partial charge in [0.05, 0.1) is 17.4 Å². The first-order chi connectivity index (χ1) is 12.2. The highest BCUT2D eigenvalue weighted by Crippen LogP contribution is 2.27. The fourth-order valence-corrected chi connectivity index (χ4v) is 2.62. The van der Waals surface area contributed by atoms with Crippen molar-refractivity contribution in [1.29, 1.82) is 0 Å². The second-order valence-corrected chi connectivity index (χ2v) is 6.08. The summed E-state index contributed by atoms with van der Waals surface area (Å²) in [5, 5.41) is 8.72. The van der Waals surface area contributed by atoms with Crippen LogP contribution in [0.4, 0.5) is 11.5 Å². The van der Waals surface area contributed by atoms with Crippen LogP contribution in [0.2, 0.25) is 0 Å². The largest absolute Gasteiger partial charge is 0.337 e. The minimum Gasteiger partial charge on any atom is -0.337 e. The first-order valence-electron chi connectivity index (χ1n) is 8.19. The summed E-state index contributed by atoms with van der Waals surface area (Å²) in [5.74, 6) is 1.40. The number of para-hydroxylation sites is 1. The fourth-order valence-electron chi connectivity index (χ4n) is 2.62. The van der Waals surface area contributed by atoms with Crippen LogP contribution in [0, 0.1) is 0 Å². The molecular weight excluding hydrogens is 312 g/mol. The number of pyridine rings is 1. The van der Waals surface area contributed by atoms with Gasteiger partial charge in [-0.3, -0.25) is 9.67 Å². The Kier molecular flexibility index (Phi) is 3.85. The Labute approximate surface area is 145 Å². The molecule has 0 aliphatic carbocycles. The zero-order valence-electron chi connectivity index (χ0n) is 14.1. The van der Waals surface area contributed by atoms with E-state index in [1.54, 1.807) is 18.6 Å². The molecule has 124 valence electrons. The van der Waals surface area contributed by atoms with Crippen LogP contribution in [0.15, 0.2) is 61.2 Å². The van der Waals surface area contributed by atoms with Gasteiger partial charge in [0.25, 0.3) is 0 Å². The molecule has 6 heteroatoms. The maximum absolute atomic E-state index is 4.72. The van der Waals surface area contributed by atoms with Gasteiger partial charge in [-0.05, 0) is 38.1 Å². The topological polar surface area (TPSA) is 68.5 Å². The highest BCUT2D eigenvalue weighted by Gasteiger charge is 2.11. The van der Waals surface area contributed by atoms with E-state index in [1.165, 1.54) is 0 Å². The third-order valence-electron chi connectivity index (χ3n) is 3.92. The molecule has 0 amide bonds. The third kappa shape index (κ3) is 3.06. The summed E-state index contributed by atoms with van der Waals surface area (Å²) in [7, 11) is 0. The molecule has 0 aliphatic heterocycles. The Morgan fingerprint density at radius 1 is 1.00 bits per heavy atom. The zero-order valence-corrected chi connectivity index (χ0v) is 14.1. The van der Waals surface area contributed by atoms with Crippen molar-refractivity contribution in [3.05, 3.63) is 61.2 Å². The third-order valence-corrected chi connectivity index (χ3v) is 3.92. The Hall–Kier alpha value is -3.28. The van der Waals surface area contributed by atoms with Gasteiger partial charge in [-0.15, -0.1) is 0 Å². The van der Waals surface area contributed by atoms with E-state index < -0.39 is 0 Å². The van der Waals surface area contributed by atoms with E-state index in [2.05, 4.69) is 34.2 Å². The van der Waals surface area contributed by atoms with E-state index in [0.29, 0.717) is 11.9 Å². The molecule has 0 saturated carbocycles. The lowest BCUT2D eigenvalue weighted by atomic mass is 10.2. The molecule has 6 nitrogen and oxygen atoms in total. The highest BCUT2D eigenvalue weighted by molar-refractivity contribution is 5.92. The van der Waals surface area contributed by atoms with E-state index in [1.807, 2.05) is 47.3 Å². The molecule has 3 aromatic heterocycles. The van der Waals surface area contributed by atoms with Crippen molar-refractivity contribution in [2.45, 2.75) is 19.9 Å². The zero-order chi connectivity index (χ0) is 17.2. The summed E-state index contributed by atoms with van der Waals surface area (Å²) in [4.78, 5) is 13.6. The monoisotopic (exact) mass is 330 g/mol. The number of hydrogen-bond donors (Lipinski definition) is 1. The summed E-state index contributed by atoms with van der Waals surface area (Å²) in [5.41, 5.74) is 2.67. The van der Waals surface area contributed by atoms with Crippen molar-refractivity contribution in [3.63, 3.8) is 0 Å². The van der Waals surface area contributed by atoms with Gasteiger partial charge >= 0.3 is 0 Å². The number of benzene rings is 1. The first kappa shape index (κ1) is 15.3. The molecule has 0 fully saturated rings. The SMILES string of the molecule is CC(C)n1cc(Nc2nc(-c3cccnc3)nc3ccccc23)cn1. The number of hydrogen-bond acceptors (Lipinski definition) is 5. The van der Waals surface area contributed by atoms with Crippen molar-refractivity contribution < 1.29 is 0 Å². The Balaban J connectivity index is 1.80. The van der Waals surface area contributed by atoms with Crippen LogP contribution in [0.25, 0.3) is 22.3 Å². The van der Waals surface area contributed by atoms with Crippen molar-refractivity contribution in [1.82, 2.24) is 24.7 Å². The van der Waals surface area contributed by atoms with Gasteiger partial charge in [-0.1, -0.05) is 12.1 Å². The molecule has 0 unspecified atom stereocenters. The Morgan fingerprint density at radius 3 is 2.64 bits per heavy atom. The van der Waals surface area contributed by atoms with Crippen LogP contribution < -0.4 is 5.32 Å². The molecule has 0 saturated heterocycles. The Bertz CT molecular complexity index is 1010. The summed E-state index contributed by atoms with van der Waals surface area (Å²) in [6.45, 7) is 4.19. The molecule has 4 rings (SSSR count). The molecule has 1 aromatic carbocycles. The molecule has 1 N–H and O–H groups in total. The van der Waals surface area contributed by atoms with Gasteiger partial charge in [-0.2, -0.15) is 5.10 Å². The number of nitrogens with zero attached hydrogens (tertiary/aromatic N) is 5. The van der Waals surface area contributed by atoms with E-state index in [9.17, 15) is 0 Å². The molecule has 0 atom stereocenters. The normalized spacial score (nSPS) is 11.2. The van der Waals surface area contributed by atoms with Crippen molar-refractivity contribution in [2.75, 3.05) is 5.32 Å². The highest BCUT2D eigenvalue weighted by atomic mass is 15.3. The van der Waals surface area contributed by atoms with Crippen LogP contribution in [-0.2, 0) is 0 Å². The van der Waals surface area contributed by atoms with Gasteiger partial charge in [0.15, 0.2) is 5.82 Å². The number of rotatable bonds is 4. The lowest BCUT2D eigenvalue weighted by molar-refractivity contribution is 0.532. The van der Waals surface area contributed by atoms with Crippen molar-refractivity contribution in [2.24, 2.45) is 0 Å². The minimum atomic E-state index is 0.309. The maximum atomic E-state index is 4.72. The minimum absolute atomic E-state index is 0.309. The summed E-state index contributed by atoms with van der Waals surface area (Å²) in [6.07, 6.45) is 7.29. The number of aromatic nitrogens is 5. The average molecular weight is 330 g/mol. The van der Waals surface area contributed by atoms with Crippen LogP contribution in [0.5, 0.6) is 0 Å². The molecule has 0 aliphatic rings. The summed E-state index contributed by atoms with van der Waals surface area (Å²) >= 11 is 0. The van der Waals surface area contributed by atoms with E-state index in [4.69, 9.17) is 4.98 Å². The van der Waals surface area contributed by atoms with Gasteiger partial charge in [0, 0.05) is 35.6 Å². The number of fused-ring (bicyclic) bond motifs is 1. The van der Waals surface area contributed by atoms with Crippen LogP contribution >= 0.6 is 0 Å². The van der Waals surface area contributed by atoms with Crippen molar-refractivity contribution >= 4 is 22.4 Å². The van der Waals surface area contributed by atoms with Gasteiger partial charge < -0.3 is 5.32 Å². The van der Waals surface area contributed by atoms with Crippen LogP contribution in [0.3, 0.4) is 0 Å². The molecule has 25 heavy (non-hydrogen) atoms. The quantitative estimate of drug-likeness (QED) is 0.607. The van der Waals surface area contributed by atoms with Gasteiger partial charge in [0.2, 0.25) is 0 Å². The van der Waals surface area contributed by atoms with E-state index >= 15 is 0 Å². The number of nitrogens with one attached hydrogen (secondary N) is 1. The van der Waals surface area contributed by atoms with E-state index in [0.717, 1.165) is 28.0 Å². The maximum Gasteiger partial charge on any atom is 0.163 e. The molecular formula is C19H18N6. The smallest absolute Gasteiger partial charge is 0.163 e. The molecule has 4 aromatic rings. The average Bonchev–Trinajstić information content (AvgIpc) is 3.11. The standard InChI is InChI=1S/C19H18N6/c1-13(2)25-12-15(11-21-25)22-19-16-7-3-4-8-17(16)23-18(24-19)14-6-5-9-20-10-14/h3-13H,1-2H3,(H,22,23,24). The predicted octanol–water partition coefficient (Wildman–Crippen LogP) is 4.21. The molecule has 0 spiro atoms. The van der Waals surface area contributed by atoms with Gasteiger partial charge in [-0.25, -0.2) is 9.97 Å². The molecule has 0 radical (unpaired) electrons. The summed E-state index contributed by atoms with van der Waals surface area (Å²) < 4.78 is 1.91. The lowest BCUT2D eigenvalue weighted by Crippen LogP contribution is -2.01. The second kappa shape index (κ2) is 6.32. The molecule has 3 heterocycles. The molecule has 0 bridgehead atoms. The Morgan fingerprint density at radius 2 is 1.88 bits per heavy atom. The van der Waals surface area contributed by atoms with Crippen LogP contribution in [0.1, 0.15) is 19.9 Å². The first-order valence-corrected chi connectivity index (χ1v) is 8.19. The summed E-state index contributed by atoms with van der Waals surface area (Å²) in [6, 6.07) is 12.1. The predicted molar refractivity (Wildman–Crippen MR) is 98.7 cm³/mol. The fraction of sp³-hybridized carbons (Fsp3) is 0.158. The van der Waals surface area contributed by atoms with Gasteiger partial charge in [0.1, 0.15) is 5.82 Å². The second-order valence-electron chi connectivity index (χ2n) is 6.08. The lowest BCUT2D eigenvalue weighted by Gasteiger charge is -2.10. The van der Waals surface area contributed by atoms with E-state index in [-0.39, 0.29) is 0 Å².